The highest BCUT2D eigenvalue weighted by molar-refractivity contribution is 5.87. The van der Waals surface area contributed by atoms with E-state index in [0.29, 0.717) is 19.4 Å². The Hall–Kier alpha value is -1.88. The molecule has 1 fully saturated rings. The van der Waals surface area contributed by atoms with Crippen molar-refractivity contribution in [2.75, 3.05) is 20.2 Å². The third-order valence-corrected chi connectivity index (χ3v) is 4.64. The lowest BCUT2D eigenvalue weighted by atomic mass is 9.81. The Morgan fingerprint density at radius 1 is 1.32 bits per heavy atom. The number of rotatable bonds is 4. The fraction of sp³-hybridized carbons (Fsp3) is 0.529. The average molecular weight is 305 g/mol. The number of aliphatic carboxylic acids is 1. The molecule has 0 radical (unpaired) electrons. The summed E-state index contributed by atoms with van der Waals surface area (Å²) in [6.07, 6.45) is 1.27. The predicted molar refractivity (Wildman–Crippen MR) is 82.4 cm³/mol. The maximum Gasteiger partial charge on any atom is 0.311 e. The number of carboxylic acid groups (broad SMARTS) is 1. The molecular weight excluding hydrogens is 282 g/mol. The molecule has 1 amide bonds. The predicted octanol–water partition coefficient (Wildman–Crippen LogP) is 2.26. The van der Waals surface area contributed by atoms with E-state index in [-0.39, 0.29) is 12.5 Å². The van der Waals surface area contributed by atoms with Crippen molar-refractivity contribution in [2.45, 2.75) is 32.3 Å². The van der Waals surface area contributed by atoms with E-state index < -0.39 is 17.0 Å². The molecule has 1 N–H and O–H groups in total. The van der Waals surface area contributed by atoms with Crippen LogP contribution in [0.1, 0.15) is 32.3 Å². The van der Waals surface area contributed by atoms with Crippen molar-refractivity contribution >= 4 is 11.9 Å². The summed E-state index contributed by atoms with van der Waals surface area (Å²) >= 11 is 0. The Kier molecular flexibility index (Phi) is 4.56. The van der Waals surface area contributed by atoms with Gasteiger partial charge in [-0.05, 0) is 32.3 Å². The topological polar surface area (TPSA) is 66.8 Å². The van der Waals surface area contributed by atoms with E-state index in [0.717, 1.165) is 5.56 Å². The van der Waals surface area contributed by atoms with E-state index in [4.69, 9.17) is 4.74 Å². The van der Waals surface area contributed by atoms with Crippen LogP contribution in [0.3, 0.4) is 0 Å². The van der Waals surface area contributed by atoms with Crippen molar-refractivity contribution in [3.63, 3.8) is 0 Å². The number of carbonyl (C=O) groups is 2. The molecule has 1 aromatic rings. The fourth-order valence-electron chi connectivity index (χ4n) is 2.97. The summed E-state index contributed by atoms with van der Waals surface area (Å²) in [4.78, 5) is 26.1. The van der Waals surface area contributed by atoms with Gasteiger partial charge in [0, 0.05) is 20.2 Å². The molecule has 1 heterocycles. The molecule has 1 aliphatic rings. The summed E-state index contributed by atoms with van der Waals surface area (Å²) in [5.41, 5.74) is -1.22. The van der Waals surface area contributed by atoms with Gasteiger partial charge in [-0.15, -0.1) is 0 Å². The standard InChI is InChI=1S/C17H23NO4/c1-16(15(20)21)10-7-11-18(12-16)14(19)17(2,22-3)13-8-5-4-6-9-13/h4-6,8-9H,7,10-12H2,1-3H3,(H,20,21). The van der Waals surface area contributed by atoms with E-state index in [9.17, 15) is 14.7 Å². The molecule has 1 aliphatic heterocycles. The van der Waals surface area contributed by atoms with Gasteiger partial charge < -0.3 is 14.7 Å². The molecule has 5 nitrogen and oxygen atoms in total. The van der Waals surface area contributed by atoms with Gasteiger partial charge in [-0.3, -0.25) is 9.59 Å². The van der Waals surface area contributed by atoms with Crippen molar-refractivity contribution in [3.8, 4) is 0 Å². The molecular formula is C17H23NO4. The van der Waals surface area contributed by atoms with Crippen molar-refractivity contribution < 1.29 is 19.4 Å². The minimum atomic E-state index is -1.10. The number of amides is 1. The molecule has 2 rings (SSSR count). The molecule has 22 heavy (non-hydrogen) atoms. The lowest BCUT2D eigenvalue weighted by Gasteiger charge is -2.41. The Morgan fingerprint density at radius 2 is 1.95 bits per heavy atom. The highest BCUT2D eigenvalue weighted by atomic mass is 16.5. The molecule has 2 unspecified atom stereocenters. The highest BCUT2D eigenvalue weighted by Gasteiger charge is 2.45. The zero-order valence-electron chi connectivity index (χ0n) is 13.3. The molecule has 120 valence electrons. The molecule has 0 aromatic heterocycles. The number of hydrogen-bond donors (Lipinski definition) is 1. The van der Waals surface area contributed by atoms with Crippen LogP contribution in [-0.4, -0.2) is 42.1 Å². The van der Waals surface area contributed by atoms with Crippen LogP contribution in [-0.2, 0) is 19.9 Å². The Morgan fingerprint density at radius 3 is 2.50 bits per heavy atom. The number of methoxy groups -OCH3 is 1. The van der Waals surface area contributed by atoms with Gasteiger partial charge in [-0.25, -0.2) is 0 Å². The van der Waals surface area contributed by atoms with E-state index in [2.05, 4.69) is 0 Å². The molecule has 0 saturated carbocycles. The van der Waals surface area contributed by atoms with Crippen LogP contribution in [0.5, 0.6) is 0 Å². The van der Waals surface area contributed by atoms with Crippen molar-refractivity contribution in [1.29, 1.82) is 0 Å². The van der Waals surface area contributed by atoms with Gasteiger partial charge in [0.1, 0.15) is 0 Å². The largest absolute Gasteiger partial charge is 0.481 e. The highest BCUT2D eigenvalue weighted by Crippen LogP contribution is 2.34. The number of nitrogens with zero attached hydrogens (tertiary/aromatic N) is 1. The Balaban J connectivity index is 2.27. The molecule has 0 bridgehead atoms. The maximum atomic E-state index is 13.0. The van der Waals surface area contributed by atoms with Crippen molar-refractivity contribution in [2.24, 2.45) is 5.41 Å². The first-order valence-electron chi connectivity index (χ1n) is 7.47. The summed E-state index contributed by atoms with van der Waals surface area (Å²) in [6, 6.07) is 9.30. The first-order chi connectivity index (χ1) is 10.3. The third-order valence-electron chi connectivity index (χ3n) is 4.64. The number of carboxylic acids is 1. The van der Waals surface area contributed by atoms with Gasteiger partial charge in [0.15, 0.2) is 5.60 Å². The number of likely N-dealkylation sites (tertiary alicyclic amines) is 1. The second-order valence-electron chi connectivity index (χ2n) is 6.30. The van der Waals surface area contributed by atoms with Crippen molar-refractivity contribution in [1.82, 2.24) is 4.90 Å². The van der Waals surface area contributed by atoms with Gasteiger partial charge in [0.2, 0.25) is 0 Å². The van der Waals surface area contributed by atoms with Crippen LogP contribution < -0.4 is 0 Å². The molecule has 1 aromatic carbocycles. The number of piperidine rings is 1. The Bertz CT molecular complexity index is 559. The minimum absolute atomic E-state index is 0.187. The van der Waals surface area contributed by atoms with Gasteiger partial charge in [-0.1, -0.05) is 30.3 Å². The van der Waals surface area contributed by atoms with E-state index in [1.54, 1.807) is 18.7 Å². The van der Waals surface area contributed by atoms with E-state index >= 15 is 0 Å². The molecule has 0 aliphatic carbocycles. The molecule has 0 spiro atoms. The van der Waals surface area contributed by atoms with E-state index in [1.165, 1.54) is 7.11 Å². The zero-order valence-corrected chi connectivity index (χ0v) is 13.3. The van der Waals surface area contributed by atoms with Gasteiger partial charge in [0.25, 0.3) is 5.91 Å². The summed E-state index contributed by atoms with van der Waals surface area (Å²) in [7, 11) is 1.51. The van der Waals surface area contributed by atoms with Crippen LogP contribution in [0.4, 0.5) is 0 Å². The van der Waals surface area contributed by atoms with Crippen LogP contribution in [0.2, 0.25) is 0 Å². The normalized spacial score (nSPS) is 24.6. The number of ether oxygens (including phenoxy) is 1. The summed E-state index contributed by atoms with van der Waals surface area (Å²) in [5, 5.41) is 9.40. The maximum absolute atomic E-state index is 13.0. The number of hydrogen-bond acceptors (Lipinski definition) is 3. The summed E-state index contributed by atoms with van der Waals surface area (Å²) in [5.74, 6) is -1.04. The van der Waals surface area contributed by atoms with Gasteiger partial charge >= 0.3 is 5.97 Å². The lowest BCUT2D eigenvalue weighted by molar-refractivity contribution is -0.163. The lowest BCUT2D eigenvalue weighted by Crippen LogP contribution is -2.54. The summed E-state index contributed by atoms with van der Waals surface area (Å²) in [6.45, 7) is 4.21. The van der Waals surface area contributed by atoms with Crippen molar-refractivity contribution in [3.05, 3.63) is 35.9 Å². The first kappa shape index (κ1) is 16.5. The second-order valence-corrected chi connectivity index (χ2v) is 6.30. The quantitative estimate of drug-likeness (QED) is 0.926. The fourth-order valence-corrected chi connectivity index (χ4v) is 2.97. The second kappa shape index (κ2) is 6.08. The van der Waals surface area contributed by atoms with Crippen LogP contribution in [0, 0.1) is 5.41 Å². The smallest absolute Gasteiger partial charge is 0.311 e. The van der Waals surface area contributed by atoms with Crippen LogP contribution >= 0.6 is 0 Å². The number of carbonyl (C=O) groups excluding carboxylic acids is 1. The molecule has 5 heteroatoms. The summed E-state index contributed by atoms with van der Waals surface area (Å²) < 4.78 is 5.53. The SMILES string of the molecule is COC(C)(C(=O)N1CCCC(C)(C(=O)O)C1)c1ccccc1. The van der Waals surface area contributed by atoms with Gasteiger partial charge in [-0.2, -0.15) is 0 Å². The van der Waals surface area contributed by atoms with E-state index in [1.807, 2.05) is 30.3 Å². The van der Waals surface area contributed by atoms with Crippen LogP contribution in [0.15, 0.2) is 30.3 Å². The van der Waals surface area contributed by atoms with Gasteiger partial charge in [0.05, 0.1) is 5.41 Å². The Labute approximate surface area is 130 Å². The third kappa shape index (κ3) is 2.86. The van der Waals surface area contributed by atoms with Crippen LogP contribution in [0.25, 0.3) is 0 Å². The minimum Gasteiger partial charge on any atom is -0.481 e. The molecule has 2 atom stereocenters. The number of benzene rings is 1. The molecule has 1 saturated heterocycles. The average Bonchev–Trinajstić information content (AvgIpc) is 2.54. The monoisotopic (exact) mass is 305 g/mol. The zero-order chi connectivity index (χ0) is 16.4. The first-order valence-corrected chi connectivity index (χ1v) is 7.47.